The third-order valence-corrected chi connectivity index (χ3v) is 3.87. The lowest BCUT2D eigenvalue weighted by Gasteiger charge is -2.02. The van der Waals surface area contributed by atoms with Gasteiger partial charge >= 0.3 is 5.97 Å². The maximum atomic E-state index is 12.0. The van der Waals surface area contributed by atoms with Gasteiger partial charge in [0.15, 0.2) is 5.70 Å². The summed E-state index contributed by atoms with van der Waals surface area (Å²) >= 11 is 6.07. The van der Waals surface area contributed by atoms with Crippen molar-refractivity contribution >= 4 is 35.2 Å². The molecule has 0 bridgehead atoms. The Balaban J connectivity index is 2.00. The number of nitro benzene ring substituents is 1. The van der Waals surface area contributed by atoms with E-state index in [1.807, 2.05) is 6.92 Å². The van der Waals surface area contributed by atoms with E-state index in [2.05, 4.69) is 4.99 Å². The zero-order chi connectivity index (χ0) is 17.3. The fraction of sp³-hybridized carbons (Fsp3) is 0.0588. The fourth-order valence-corrected chi connectivity index (χ4v) is 2.36. The van der Waals surface area contributed by atoms with Crippen molar-refractivity contribution in [2.45, 2.75) is 6.92 Å². The molecule has 0 amide bonds. The first-order chi connectivity index (χ1) is 11.5. The molecule has 1 aliphatic rings. The van der Waals surface area contributed by atoms with Crippen LogP contribution in [0, 0.1) is 17.0 Å². The predicted octanol–water partition coefficient (Wildman–Crippen LogP) is 3.90. The van der Waals surface area contributed by atoms with Crippen molar-refractivity contribution in [1.82, 2.24) is 0 Å². The molecular formula is C17H11ClN2O4. The molecule has 1 aliphatic heterocycles. The van der Waals surface area contributed by atoms with Crippen LogP contribution in [0.25, 0.3) is 6.08 Å². The minimum absolute atomic E-state index is 0.00371. The van der Waals surface area contributed by atoms with E-state index in [4.69, 9.17) is 16.3 Å². The highest BCUT2D eigenvalue weighted by Gasteiger charge is 2.25. The number of benzene rings is 2. The number of carbonyl (C=O) groups excluding carboxylic acids is 1. The molecule has 0 saturated heterocycles. The molecule has 2 aromatic rings. The predicted molar refractivity (Wildman–Crippen MR) is 89.9 cm³/mol. The van der Waals surface area contributed by atoms with Crippen molar-refractivity contribution in [1.29, 1.82) is 0 Å². The number of aryl methyl sites for hydroxylation is 1. The summed E-state index contributed by atoms with van der Waals surface area (Å²) in [6.07, 6.45) is 1.34. The lowest BCUT2D eigenvalue weighted by atomic mass is 10.1. The Morgan fingerprint density at radius 3 is 2.71 bits per heavy atom. The first-order valence-corrected chi connectivity index (χ1v) is 7.36. The summed E-state index contributed by atoms with van der Waals surface area (Å²) in [7, 11) is 0. The summed E-state index contributed by atoms with van der Waals surface area (Å²) in [6.45, 7) is 1.86. The van der Waals surface area contributed by atoms with Crippen molar-refractivity contribution in [2.75, 3.05) is 0 Å². The Morgan fingerprint density at radius 1 is 1.25 bits per heavy atom. The second-order valence-electron chi connectivity index (χ2n) is 5.12. The fourth-order valence-electron chi connectivity index (χ4n) is 2.18. The van der Waals surface area contributed by atoms with Crippen LogP contribution in [0.1, 0.15) is 16.7 Å². The number of para-hydroxylation sites is 1. The number of rotatable bonds is 3. The number of ether oxygens (including phenoxy) is 1. The Kier molecular flexibility index (Phi) is 4.14. The molecule has 0 atom stereocenters. The van der Waals surface area contributed by atoms with E-state index < -0.39 is 10.9 Å². The number of aliphatic imine (C=N–C) groups is 1. The molecule has 7 heteroatoms. The Hall–Kier alpha value is -2.99. The van der Waals surface area contributed by atoms with Crippen LogP contribution in [0.3, 0.4) is 0 Å². The summed E-state index contributed by atoms with van der Waals surface area (Å²) in [5.74, 6) is -0.549. The van der Waals surface area contributed by atoms with Crippen LogP contribution in [-0.2, 0) is 9.53 Å². The van der Waals surface area contributed by atoms with E-state index in [1.165, 1.54) is 18.2 Å². The molecule has 0 aromatic heterocycles. The smallest absolute Gasteiger partial charge is 0.363 e. The lowest BCUT2D eigenvalue weighted by Crippen LogP contribution is -2.05. The number of cyclic esters (lactones) is 1. The number of nitrogens with zero attached hydrogens (tertiary/aromatic N) is 2. The van der Waals surface area contributed by atoms with Gasteiger partial charge in [-0.25, -0.2) is 9.79 Å². The summed E-state index contributed by atoms with van der Waals surface area (Å²) in [4.78, 5) is 26.6. The third-order valence-electron chi connectivity index (χ3n) is 3.46. The molecule has 1 heterocycles. The number of nitro groups is 1. The number of hydrogen-bond acceptors (Lipinski definition) is 5. The zero-order valence-electron chi connectivity index (χ0n) is 12.5. The highest BCUT2D eigenvalue weighted by Crippen LogP contribution is 2.25. The van der Waals surface area contributed by atoms with Gasteiger partial charge in [-0.1, -0.05) is 29.8 Å². The zero-order valence-corrected chi connectivity index (χ0v) is 13.3. The number of hydrogen-bond donors (Lipinski definition) is 0. The van der Waals surface area contributed by atoms with Crippen LogP contribution < -0.4 is 0 Å². The van der Waals surface area contributed by atoms with Gasteiger partial charge in [0.2, 0.25) is 5.90 Å². The van der Waals surface area contributed by atoms with Crippen LogP contribution in [0.2, 0.25) is 5.02 Å². The molecule has 6 nitrogen and oxygen atoms in total. The molecule has 0 radical (unpaired) electrons. The SMILES string of the molecule is Cc1ccc(C2=N/C(=C\c3ccccc3[N+](=O)[O-])C(=O)O2)cc1Cl. The molecule has 0 aliphatic carbocycles. The van der Waals surface area contributed by atoms with Crippen molar-refractivity contribution in [3.63, 3.8) is 0 Å². The van der Waals surface area contributed by atoms with Crippen LogP contribution in [0.5, 0.6) is 0 Å². The quantitative estimate of drug-likeness (QED) is 0.366. The van der Waals surface area contributed by atoms with Crippen LogP contribution in [0.4, 0.5) is 5.69 Å². The van der Waals surface area contributed by atoms with Gasteiger partial charge in [-0.2, -0.15) is 0 Å². The van der Waals surface area contributed by atoms with E-state index in [0.29, 0.717) is 10.6 Å². The summed E-state index contributed by atoms with van der Waals surface area (Å²) in [6, 6.07) is 11.3. The van der Waals surface area contributed by atoms with Crippen molar-refractivity contribution in [2.24, 2.45) is 4.99 Å². The molecule has 3 rings (SSSR count). The molecule has 24 heavy (non-hydrogen) atoms. The van der Waals surface area contributed by atoms with Crippen LogP contribution >= 0.6 is 11.6 Å². The van der Waals surface area contributed by atoms with Crippen LogP contribution in [-0.4, -0.2) is 16.8 Å². The molecule has 0 N–H and O–H groups in total. The first-order valence-electron chi connectivity index (χ1n) is 6.98. The Morgan fingerprint density at radius 2 is 2.00 bits per heavy atom. The molecule has 0 unspecified atom stereocenters. The Bertz CT molecular complexity index is 919. The minimum Gasteiger partial charge on any atom is -0.402 e. The van der Waals surface area contributed by atoms with E-state index >= 15 is 0 Å². The molecule has 2 aromatic carbocycles. The van der Waals surface area contributed by atoms with Gasteiger partial charge in [0.1, 0.15) is 0 Å². The summed E-state index contributed by atoms with van der Waals surface area (Å²) < 4.78 is 5.14. The van der Waals surface area contributed by atoms with Gasteiger partial charge in [-0.15, -0.1) is 0 Å². The monoisotopic (exact) mass is 342 g/mol. The second kappa shape index (κ2) is 6.25. The highest BCUT2D eigenvalue weighted by molar-refractivity contribution is 6.31. The maximum Gasteiger partial charge on any atom is 0.363 e. The molecule has 0 spiro atoms. The Labute approximate surface area is 142 Å². The second-order valence-corrected chi connectivity index (χ2v) is 5.52. The maximum absolute atomic E-state index is 12.0. The lowest BCUT2D eigenvalue weighted by molar-refractivity contribution is -0.385. The first kappa shape index (κ1) is 15.9. The highest BCUT2D eigenvalue weighted by atomic mass is 35.5. The van der Waals surface area contributed by atoms with E-state index in [0.717, 1.165) is 5.56 Å². The van der Waals surface area contributed by atoms with Crippen LogP contribution in [0.15, 0.2) is 53.2 Å². The van der Waals surface area contributed by atoms with Crippen molar-refractivity contribution in [3.05, 3.63) is 80.0 Å². The van der Waals surface area contributed by atoms with E-state index in [1.54, 1.807) is 30.3 Å². The topological polar surface area (TPSA) is 81.8 Å². The van der Waals surface area contributed by atoms with E-state index in [9.17, 15) is 14.9 Å². The molecule has 0 fully saturated rings. The van der Waals surface area contributed by atoms with Gasteiger partial charge < -0.3 is 4.74 Å². The number of esters is 1. The van der Waals surface area contributed by atoms with Gasteiger partial charge in [-0.3, -0.25) is 10.1 Å². The van der Waals surface area contributed by atoms with E-state index in [-0.39, 0.29) is 22.8 Å². The molecular weight excluding hydrogens is 332 g/mol. The van der Waals surface area contributed by atoms with Gasteiger partial charge in [0, 0.05) is 16.7 Å². The van der Waals surface area contributed by atoms with Gasteiger partial charge in [-0.05, 0) is 36.8 Å². The standard InChI is InChI=1S/C17H11ClN2O4/c1-10-6-7-12(8-13(10)18)16-19-14(17(21)24-16)9-11-4-2-3-5-15(11)20(22)23/h2-9H,1H3/b14-9-. The van der Waals surface area contributed by atoms with Crippen molar-refractivity contribution in [3.8, 4) is 0 Å². The summed E-state index contributed by atoms with van der Waals surface area (Å²) in [5.41, 5.74) is 1.61. The van der Waals surface area contributed by atoms with Gasteiger partial charge in [0.25, 0.3) is 5.69 Å². The average molecular weight is 343 g/mol. The summed E-state index contributed by atoms with van der Waals surface area (Å²) in [5, 5.41) is 11.6. The normalized spacial score (nSPS) is 15.3. The number of halogens is 1. The molecule has 0 saturated carbocycles. The molecule has 120 valence electrons. The average Bonchev–Trinajstić information content (AvgIpc) is 2.91. The van der Waals surface area contributed by atoms with Crippen molar-refractivity contribution < 1.29 is 14.5 Å². The largest absolute Gasteiger partial charge is 0.402 e. The third kappa shape index (κ3) is 3.04. The number of carbonyl (C=O) groups is 1. The minimum atomic E-state index is -0.667. The van der Waals surface area contributed by atoms with Gasteiger partial charge in [0.05, 0.1) is 10.5 Å².